The van der Waals surface area contributed by atoms with Gasteiger partial charge in [0.05, 0.1) is 5.02 Å². The molecule has 0 aliphatic rings. The molecule has 3 rings (SSSR count). The highest BCUT2D eigenvalue weighted by Crippen LogP contribution is 2.31. The average Bonchev–Trinajstić information content (AvgIpc) is 2.91. The molecule has 3 aromatic rings. The quantitative estimate of drug-likeness (QED) is 0.449. The number of esters is 1. The minimum atomic E-state index is -0.541. The predicted molar refractivity (Wildman–Crippen MR) is 90.8 cm³/mol. The molecule has 2 aromatic carbocycles. The van der Waals surface area contributed by atoms with Crippen molar-refractivity contribution in [3.05, 3.63) is 69.3 Å². The molecule has 0 aliphatic heterocycles. The van der Waals surface area contributed by atoms with Crippen molar-refractivity contribution in [2.24, 2.45) is 0 Å². The normalized spacial score (nSPS) is 10.6. The van der Waals surface area contributed by atoms with Gasteiger partial charge in [0.1, 0.15) is 22.8 Å². The lowest BCUT2D eigenvalue weighted by atomic mass is 10.1. The molecule has 0 unspecified atom stereocenters. The molecule has 0 aliphatic carbocycles. The first-order valence-electron chi connectivity index (χ1n) is 6.75. The second-order valence-corrected chi connectivity index (χ2v) is 6.11. The van der Waals surface area contributed by atoms with Crippen LogP contribution in [0.4, 0.5) is 0 Å². The zero-order chi connectivity index (χ0) is 16.4. The Morgan fingerprint density at radius 1 is 1.17 bits per heavy atom. The van der Waals surface area contributed by atoms with Crippen molar-refractivity contribution in [3.8, 4) is 17.0 Å². The van der Waals surface area contributed by atoms with Crippen molar-refractivity contribution in [1.82, 2.24) is 5.16 Å². The van der Waals surface area contributed by atoms with E-state index in [0.717, 1.165) is 4.47 Å². The van der Waals surface area contributed by atoms with Crippen LogP contribution in [0.1, 0.15) is 16.1 Å². The Labute approximate surface area is 146 Å². The molecule has 0 N–H and O–H groups in total. The summed E-state index contributed by atoms with van der Waals surface area (Å²) in [7, 11) is 0. The number of aryl methyl sites for hydroxylation is 1. The van der Waals surface area contributed by atoms with Crippen molar-refractivity contribution in [2.45, 2.75) is 6.92 Å². The van der Waals surface area contributed by atoms with Gasteiger partial charge in [-0.05, 0) is 37.3 Å². The Bertz CT molecular complexity index is 859. The zero-order valence-electron chi connectivity index (χ0n) is 12.0. The third kappa shape index (κ3) is 3.30. The SMILES string of the molecule is Cc1onc(-c2ccccc2Cl)c1C(=O)Oc1ccc(Br)cc1. The van der Waals surface area contributed by atoms with Gasteiger partial charge in [-0.25, -0.2) is 4.79 Å². The molecular weight excluding hydrogens is 382 g/mol. The molecule has 116 valence electrons. The minimum Gasteiger partial charge on any atom is -0.423 e. The maximum atomic E-state index is 12.5. The van der Waals surface area contributed by atoms with E-state index in [2.05, 4.69) is 21.1 Å². The van der Waals surface area contributed by atoms with Gasteiger partial charge in [0, 0.05) is 10.0 Å². The van der Waals surface area contributed by atoms with Crippen LogP contribution in [0.3, 0.4) is 0 Å². The lowest BCUT2D eigenvalue weighted by Crippen LogP contribution is -2.10. The standard InChI is InChI=1S/C17H11BrClNO3/c1-10-15(17(21)22-12-8-6-11(18)7-9-12)16(20-23-10)13-4-2-3-5-14(13)19/h2-9H,1H3. The molecule has 0 radical (unpaired) electrons. The molecule has 4 nitrogen and oxygen atoms in total. The molecule has 0 bridgehead atoms. The molecule has 1 heterocycles. The van der Waals surface area contributed by atoms with Crippen LogP contribution in [0.5, 0.6) is 5.75 Å². The summed E-state index contributed by atoms with van der Waals surface area (Å²) in [6.45, 7) is 1.66. The summed E-state index contributed by atoms with van der Waals surface area (Å²) in [6.07, 6.45) is 0. The molecule has 0 spiro atoms. The molecule has 1 aromatic heterocycles. The molecular formula is C17H11BrClNO3. The third-order valence-corrected chi connectivity index (χ3v) is 4.08. The average molecular weight is 393 g/mol. The molecule has 0 amide bonds. The van der Waals surface area contributed by atoms with Crippen LogP contribution in [0.15, 0.2) is 57.5 Å². The van der Waals surface area contributed by atoms with Crippen molar-refractivity contribution in [2.75, 3.05) is 0 Å². The summed E-state index contributed by atoms with van der Waals surface area (Å²) in [5.74, 6) is 0.270. The summed E-state index contributed by atoms with van der Waals surface area (Å²) < 4.78 is 11.5. The van der Waals surface area contributed by atoms with Gasteiger partial charge < -0.3 is 9.26 Å². The van der Waals surface area contributed by atoms with Crippen LogP contribution in [0.25, 0.3) is 11.3 Å². The monoisotopic (exact) mass is 391 g/mol. The smallest absolute Gasteiger partial charge is 0.349 e. The Hall–Kier alpha value is -2.11. The van der Waals surface area contributed by atoms with Gasteiger partial charge in [-0.3, -0.25) is 0 Å². The van der Waals surface area contributed by atoms with Crippen LogP contribution in [-0.4, -0.2) is 11.1 Å². The van der Waals surface area contributed by atoms with Crippen LogP contribution in [0, 0.1) is 6.92 Å². The fourth-order valence-corrected chi connectivity index (χ4v) is 2.60. The Kier molecular flexibility index (Phi) is 4.50. The number of ether oxygens (including phenoxy) is 1. The molecule has 0 fully saturated rings. The number of carbonyl (C=O) groups excluding carboxylic acids is 1. The van der Waals surface area contributed by atoms with E-state index in [1.54, 1.807) is 49.4 Å². The minimum absolute atomic E-state index is 0.265. The van der Waals surface area contributed by atoms with E-state index in [9.17, 15) is 4.79 Å². The Morgan fingerprint density at radius 3 is 2.57 bits per heavy atom. The van der Waals surface area contributed by atoms with Crippen molar-refractivity contribution in [1.29, 1.82) is 0 Å². The van der Waals surface area contributed by atoms with Gasteiger partial charge in [0.15, 0.2) is 0 Å². The van der Waals surface area contributed by atoms with E-state index in [-0.39, 0.29) is 5.56 Å². The van der Waals surface area contributed by atoms with E-state index in [0.29, 0.717) is 27.8 Å². The van der Waals surface area contributed by atoms with Crippen molar-refractivity contribution in [3.63, 3.8) is 0 Å². The first kappa shape index (κ1) is 15.8. The van der Waals surface area contributed by atoms with Gasteiger partial charge in [-0.1, -0.05) is 50.9 Å². The maximum absolute atomic E-state index is 12.5. The van der Waals surface area contributed by atoms with Crippen LogP contribution < -0.4 is 4.74 Å². The Balaban J connectivity index is 1.97. The third-order valence-electron chi connectivity index (χ3n) is 3.22. The lowest BCUT2D eigenvalue weighted by Gasteiger charge is -2.06. The molecule has 0 saturated heterocycles. The summed E-state index contributed by atoms with van der Waals surface area (Å²) in [6, 6.07) is 14.1. The first-order valence-corrected chi connectivity index (χ1v) is 7.92. The highest BCUT2D eigenvalue weighted by Gasteiger charge is 2.24. The van der Waals surface area contributed by atoms with Crippen LogP contribution in [-0.2, 0) is 0 Å². The number of halogens is 2. The molecule has 0 saturated carbocycles. The second kappa shape index (κ2) is 6.56. The topological polar surface area (TPSA) is 52.3 Å². The fraction of sp³-hybridized carbons (Fsp3) is 0.0588. The predicted octanol–water partition coefficient (Wildman–Crippen LogP) is 5.29. The van der Waals surface area contributed by atoms with Gasteiger partial charge in [0.25, 0.3) is 0 Å². The summed E-state index contributed by atoms with van der Waals surface area (Å²) in [4.78, 5) is 12.5. The van der Waals surface area contributed by atoms with E-state index >= 15 is 0 Å². The number of carbonyl (C=O) groups is 1. The first-order chi connectivity index (χ1) is 11.1. The molecule has 6 heteroatoms. The van der Waals surface area contributed by atoms with Crippen LogP contribution >= 0.6 is 27.5 Å². The largest absolute Gasteiger partial charge is 0.423 e. The van der Waals surface area contributed by atoms with E-state index in [1.807, 2.05) is 6.07 Å². The fourth-order valence-electron chi connectivity index (χ4n) is 2.11. The molecule has 0 atom stereocenters. The lowest BCUT2D eigenvalue weighted by molar-refractivity contribution is 0.0733. The maximum Gasteiger partial charge on any atom is 0.349 e. The second-order valence-electron chi connectivity index (χ2n) is 4.79. The van der Waals surface area contributed by atoms with Crippen LogP contribution in [0.2, 0.25) is 5.02 Å². The number of nitrogens with zero attached hydrogens (tertiary/aromatic N) is 1. The Morgan fingerprint density at radius 2 is 1.87 bits per heavy atom. The van der Waals surface area contributed by atoms with E-state index in [4.69, 9.17) is 20.9 Å². The van der Waals surface area contributed by atoms with E-state index in [1.165, 1.54) is 0 Å². The zero-order valence-corrected chi connectivity index (χ0v) is 14.4. The van der Waals surface area contributed by atoms with Gasteiger partial charge in [0.2, 0.25) is 0 Å². The van der Waals surface area contributed by atoms with Gasteiger partial charge in [-0.2, -0.15) is 0 Å². The number of aromatic nitrogens is 1. The van der Waals surface area contributed by atoms with Crippen molar-refractivity contribution >= 4 is 33.5 Å². The van der Waals surface area contributed by atoms with E-state index < -0.39 is 5.97 Å². The highest BCUT2D eigenvalue weighted by atomic mass is 79.9. The summed E-state index contributed by atoms with van der Waals surface area (Å²) in [5.41, 5.74) is 1.25. The number of hydrogen-bond acceptors (Lipinski definition) is 4. The summed E-state index contributed by atoms with van der Waals surface area (Å²) in [5, 5.41) is 4.44. The number of benzene rings is 2. The number of hydrogen-bond donors (Lipinski definition) is 0. The van der Waals surface area contributed by atoms with Crippen molar-refractivity contribution < 1.29 is 14.1 Å². The highest BCUT2D eigenvalue weighted by molar-refractivity contribution is 9.10. The summed E-state index contributed by atoms with van der Waals surface area (Å²) >= 11 is 9.52. The molecule has 23 heavy (non-hydrogen) atoms. The van der Waals surface area contributed by atoms with Gasteiger partial charge >= 0.3 is 5.97 Å². The number of rotatable bonds is 3. The van der Waals surface area contributed by atoms with Gasteiger partial charge in [-0.15, -0.1) is 0 Å².